The van der Waals surface area contributed by atoms with Crippen LogP contribution in [0.15, 0.2) is 40.9 Å². The standard InChI is InChI=1S/C20H23N5O2/c1-13-7-4-5-8-17(13)25-19(11-14(2)22-25)21-20(26)24-10-6-9-18(24)16-12-15(3)27-23-16/h4-5,7-8,11-12,18H,6,9-10H2,1-3H3,(H,21,26)/t18-/m1/s1. The van der Waals surface area contributed by atoms with Gasteiger partial charge in [0.25, 0.3) is 0 Å². The Morgan fingerprint density at radius 2 is 2.04 bits per heavy atom. The van der Waals surface area contributed by atoms with Crippen molar-refractivity contribution in [1.29, 1.82) is 0 Å². The van der Waals surface area contributed by atoms with Crippen LogP contribution in [0, 0.1) is 20.8 Å². The molecular weight excluding hydrogens is 342 g/mol. The summed E-state index contributed by atoms with van der Waals surface area (Å²) in [7, 11) is 0. The molecule has 1 atom stereocenters. The largest absolute Gasteiger partial charge is 0.361 e. The maximum absolute atomic E-state index is 13.0. The zero-order chi connectivity index (χ0) is 19.0. The second-order valence-electron chi connectivity index (χ2n) is 7.01. The molecule has 1 fully saturated rings. The average Bonchev–Trinajstić information content (AvgIpc) is 3.35. The Hall–Kier alpha value is -3.09. The van der Waals surface area contributed by atoms with E-state index in [0.717, 1.165) is 41.2 Å². The number of rotatable bonds is 3. The van der Waals surface area contributed by atoms with Gasteiger partial charge in [0, 0.05) is 18.7 Å². The average molecular weight is 365 g/mol. The Balaban J connectivity index is 1.59. The van der Waals surface area contributed by atoms with Crippen molar-refractivity contribution < 1.29 is 9.32 Å². The second-order valence-corrected chi connectivity index (χ2v) is 7.01. The zero-order valence-electron chi connectivity index (χ0n) is 15.8. The molecule has 3 aromatic rings. The van der Waals surface area contributed by atoms with Crippen molar-refractivity contribution in [2.45, 2.75) is 39.7 Å². The number of benzene rings is 1. The Morgan fingerprint density at radius 3 is 2.78 bits per heavy atom. The van der Waals surface area contributed by atoms with E-state index in [1.54, 1.807) is 4.68 Å². The van der Waals surface area contributed by atoms with Crippen LogP contribution in [0.1, 0.15) is 41.6 Å². The molecule has 1 aliphatic heterocycles. The quantitative estimate of drug-likeness (QED) is 0.756. The van der Waals surface area contributed by atoms with Gasteiger partial charge in [0.15, 0.2) is 0 Å². The molecule has 2 amide bonds. The summed E-state index contributed by atoms with van der Waals surface area (Å²) in [5, 5.41) is 11.7. The van der Waals surface area contributed by atoms with Crippen molar-refractivity contribution >= 4 is 11.8 Å². The number of hydrogen-bond donors (Lipinski definition) is 1. The summed E-state index contributed by atoms with van der Waals surface area (Å²) < 4.78 is 6.98. The van der Waals surface area contributed by atoms with E-state index < -0.39 is 0 Å². The van der Waals surface area contributed by atoms with Crippen LogP contribution in [0.4, 0.5) is 10.6 Å². The molecule has 1 N–H and O–H groups in total. The summed E-state index contributed by atoms with van der Waals surface area (Å²) in [5.41, 5.74) is 3.70. The Bertz CT molecular complexity index is 974. The number of anilines is 1. The van der Waals surface area contributed by atoms with Gasteiger partial charge in [0.2, 0.25) is 0 Å². The summed E-state index contributed by atoms with van der Waals surface area (Å²) >= 11 is 0. The monoisotopic (exact) mass is 365 g/mol. The van der Waals surface area contributed by atoms with Crippen molar-refractivity contribution in [2.24, 2.45) is 0 Å². The van der Waals surface area contributed by atoms with Crippen molar-refractivity contribution in [3.8, 4) is 5.69 Å². The van der Waals surface area contributed by atoms with Gasteiger partial charge in [-0.05, 0) is 45.2 Å². The van der Waals surface area contributed by atoms with E-state index in [-0.39, 0.29) is 12.1 Å². The molecule has 1 aromatic carbocycles. The first kappa shape index (κ1) is 17.3. The molecule has 27 heavy (non-hydrogen) atoms. The van der Waals surface area contributed by atoms with Gasteiger partial charge < -0.3 is 9.42 Å². The van der Waals surface area contributed by atoms with Crippen LogP contribution in [0.5, 0.6) is 0 Å². The highest BCUT2D eigenvalue weighted by atomic mass is 16.5. The molecule has 7 nitrogen and oxygen atoms in total. The maximum atomic E-state index is 13.0. The smallest absolute Gasteiger partial charge is 0.323 e. The Morgan fingerprint density at radius 1 is 1.22 bits per heavy atom. The van der Waals surface area contributed by atoms with Crippen LogP contribution in [0.3, 0.4) is 0 Å². The lowest BCUT2D eigenvalue weighted by atomic mass is 10.1. The van der Waals surface area contributed by atoms with E-state index in [4.69, 9.17) is 4.52 Å². The third-order valence-electron chi connectivity index (χ3n) is 4.91. The van der Waals surface area contributed by atoms with Gasteiger partial charge in [-0.15, -0.1) is 0 Å². The molecule has 0 spiro atoms. The molecule has 1 aliphatic rings. The maximum Gasteiger partial charge on any atom is 0.323 e. The molecule has 3 heterocycles. The number of nitrogens with one attached hydrogen (secondary N) is 1. The van der Waals surface area contributed by atoms with Crippen LogP contribution in [-0.4, -0.2) is 32.4 Å². The molecule has 2 aromatic heterocycles. The molecule has 7 heteroatoms. The first-order valence-corrected chi connectivity index (χ1v) is 9.16. The summed E-state index contributed by atoms with van der Waals surface area (Å²) in [6.07, 6.45) is 1.83. The van der Waals surface area contributed by atoms with E-state index in [2.05, 4.69) is 15.6 Å². The molecule has 0 saturated carbocycles. The summed E-state index contributed by atoms with van der Waals surface area (Å²) in [5.74, 6) is 1.42. The third-order valence-corrected chi connectivity index (χ3v) is 4.91. The minimum atomic E-state index is -0.145. The first-order chi connectivity index (χ1) is 13.0. The topological polar surface area (TPSA) is 76.2 Å². The summed E-state index contributed by atoms with van der Waals surface area (Å²) in [6.45, 7) is 6.50. The van der Waals surface area contributed by atoms with Gasteiger partial charge in [0.05, 0.1) is 17.4 Å². The van der Waals surface area contributed by atoms with Crippen LogP contribution in [0.2, 0.25) is 0 Å². The SMILES string of the molecule is Cc1cc(NC(=O)N2CCC[C@@H]2c2cc(C)on2)n(-c2ccccc2C)n1. The van der Waals surface area contributed by atoms with Crippen molar-refractivity contribution in [3.05, 3.63) is 59.1 Å². The minimum absolute atomic E-state index is 0.0571. The van der Waals surface area contributed by atoms with Gasteiger partial charge in [-0.3, -0.25) is 5.32 Å². The highest BCUT2D eigenvalue weighted by Gasteiger charge is 2.32. The van der Waals surface area contributed by atoms with Crippen LogP contribution in [0.25, 0.3) is 5.69 Å². The molecule has 4 rings (SSSR count). The zero-order valence-corrected chi connectivity index (χ0v) is 15.8. The van der Waals surface area contributed by atoms with E-state index in [1.807, 2.05) is 62.1 Å². The number of amides is 2. The predicted molar refractivity (Wildman–Crippen MR) is 102 cm³/mol. The molecule has 140 valence electrons. The fourth-order valence-electron chi connectivity index (χ4n) is 3.61. The molecule has 1 saturated heterocycles. The van der Waals surface area contributed by atoms with Crippen LogP contribution < -0.4 is 5.32 Å². The highest BCUT2D eigenvalue weighted by molar-refractivity contribution is 5.89. The second kappa shape index (κ2) is 6.90. The number of urea groups is 1. The highest BCUT2D eigenvalue weighted by Crippen LogP contribution is 2.32. The number of hydrogen-bond acceptors (Lipinski definition) is 4. The fourth-order valence-corrected chi connectivity index (χ4v) is 3.61. The lowest BCUT2D eigenvalue weighted by Gasteiger charge is -2.23. The number of likely N-dealkylation sites (tertiary alicyclic amines) is 1. The number of carbonyl (C=O) groups excluding carboxylic acids is 1. The molecular formula is C20H23N5O2. The fraction of sp³-hybridized carbons (Fsp3) is 0.350. The van der Waals surface area contributed by atoms with E-state index in [0.29, 0.717) is 12.4 Å². The van der Waals surface area contributed by atoms with E-state index in [1.165, 1.54) is 0 Å². The third kappa shape index (κ3) is 3.32. The first-order valence-electron chi connectivity index (χ1n) is 9.16. The summed E-state index contributed by atoms with van der Waals surface area (Å²) in [4.78, 5) is 14.8. The van der Waals surface area contributed by atoms with Gasteiger partial charge in [-0.2, -0.15) is 5.10 Å². The van der Waals surface area contributed by atoms with Crippen LogP contribution >= 0.6 is 0 Å². The number of nitrogens with zero attached hydrogens (tertiary/aromatic N) is 4. The lowest BCUT2D eigenvalue weighted by molar-refractivity contribution is 0.204. The van der Waals surface area contributed by atoms with Gasteiger partial charge in [-0.1, -0.05) is 23.4 Å². The number of aryl methyl sites for hydroxylation is 3. The molecule has 0 aliphatic carbocycles. The summed E-state index contributed by atoms with van der Waals surface area (Å²) in [6, 6.07) is 11.6. The Kier molecular flexibility index (Phi) is 4.43. The lowest BCUT2D eigenvalue weighted by Crippen LogP contribution is -2.35. The molecule has 0 bridgehead atoms. The van der Waals surface area contributed by atoms with Gasteiger partial charge >= 0.3 is 6.03 Å². The van der Waals surface area contributed by atoms with Crippen molar-refractivity contribution in [1.82, 2.24) is 19.8 Å². The number of para-hydroxylation sites is 1. The Labute approximate surface area is 158 Å². The van der Waals surface area contributed by atoms with Gasteiger partial charge in [-0.25, -0.2) is 9.48 Å². The van der Waals surface area contributed by atoms with Crippen molar-refractivity contribution in [2.75, 3.05) is 11.9 Å². The van der Waals surface area contributed by atoms with E-state index in [9.17, 15) is 4.79 Å². The van der Waals surface area contributed by atoms with E-state index >= 15 is 0 Å². The van der Waals surface area contributed by atoms with Crippen molar-refractivity contribution in [3.63, 3.8) is 0 Å². The minimum Gasteiger partial charge on any atom is -0.361 e. The number of carbonyl (C=O) groups is 1. The van der Waals surface area contributed by atoms with Crippen LogP contribution in [-0.2, 0) is 0 Å². The predicted octanol–water partition coefficient (Wildman–Crippen LogP) is 4.15. The molecule has 0 radical (unpaired) electrons. The van der Waals surface area contributed by atoms with Gasteiger partial charge in [0.1, 0.15) is 17.3 Å². The molecule has 0 unspecified atom stereocenters. The number of aromatic nitrogens is 3. The normalized spacial score (nSPS) is 16.7.